The van der Waals surface area contributed by atoms with E-state index < -0.39 is 33.6 Å². The number of nitro benzene ring substituents is 1. The van der Waals surface area contributed by atoms with Crippen molar-refractivity contribution in [2.75, 3.05) is 6.61 Å². The van der Waals surface area contributed by atoms with E-state index in [4.69, 9.17) is 5.73 Å². The molecular formula is C11H17ClN2O5. The van der Waals surface area contributed by atoms with Gasteiger partial charge < -0.3 is 21.1 Å². The van der Waals surface area contributed by atoms with E-state index in [2.05, 4.69) is 0 Å². The van der Waals surface area contributed by atoms with Crippen LogP contribution in [-0.2, 0) is 0 Å². The van der Waals surface area contributed by atoms with Gasteiger partial charge in [-0.15, -0.1) is 12.4 Å². The van der Waals surface area contributed by atoms with Crippen LogP contribution in [0.5, 0.6) is 11.5 Å². The minimum atomic E-state index is -0.808. The van der Waals surface area contributed by atoms with Crippen molar-refractivity contribution in [1.82, 2.24) is 0 Å². The monoisotopic (exact) mass is 292 g/mol. The van der Waals surface area contributed by atoms with Gasteiger partial charge in [0.15, 0.2) is 5.75 Å². The number of phenolic OH excluding ortho intramolecular Hbond substituents is 2. The number of halogens is 1. The van der Waals surface area contributed by atoms with Gasteiger partial charge in [-0.05, 0) is 11.6 Å². The number of aliphatic hydroxyl groups is 1. The van der Waals surface area contributed by atoms with Gasteiger partial charge in [-0.25, -0.2) is 0 Å². The molecule has 1 aromatic carbocycles. The van der Waals surface area contributed by atoms with E-state index in [0.29, 0.717) is 0 Å². The van der Waals surface area contributed by atoms with Gasteiger partial charge in [0.2, 0.25) is 5.75 Å². The highest BCUT2D eigenvalue weighted by molar-refractivity contribution is 5.85. The molecule has 0 bridgehead atoms. The molecule has 0 aliphatic heterocycles. The van der Waals surface area contributed by atoms with E-state index in [1.54, 1.807) is 13.8 Å². The van der Waals surface area contributed by atoms with Gasteiger partial charge in [0, 0.05) is 24.1 Å². The Kier molecular flexibility index (Phi) is 5.55. The van der Waals surface area contributed by atoms with Crippen molar-refractivity contribution in [3.05, 3.63) is 27.8 Å². The molecule has 0 amide bonds. The van der Waals surface area contributed by atoms with Gasteiger partial charge in [-0.1, -0.05) is 13.8 Å². The summed E-state index contributed by atoms with van der Waals surface area (Å²) in [7, 11) is 0. The minimum absolute atomic E-state index is 0. The molecule has 0 fully saturated rings. The summed E-state index contributed by atoms with van der Waals surface area (Å²) in [6, 6.07) is 1.54. The molecule has 108 valence electrons. The predicted octanol–water partition coefficient (Wildman–Crippen LogP) is 1.45. The zero-order valence-corrected chi connectivity index (χ0v) is 11.3. The summed E-state index contributed by atoms with van der Waals surface area (Å²) in [5.41, 5.74) is 4.84. The lowest BCUT2D eigenvalue weighted by atomic mass is 9.81. The minimum Gasteiger partial charge on any atom is -0.504 e. The number of rotatable bonds is 4. The van der Waals surface area contributed by atoms with Crippen LogP contribution in [0.15, 0.2) is 12.1 Å². The highest BCUT2D eigenvalue weighted by Gasteiger charge is 2.30. The first-order valence-corrected chi connectivity index (χ1v) is 5.27. The molecule has 19 heavy (non-hydrogen) atoms. The molecule has 0 saturated heterocycles. The summed E-state index contributed by atoms with van der Waals surface area (Å²) in [5, 5.41) is 38.7. The summed E-state index contributed by atoms with van der Waals surface area (Å²) >= 11 is 0. The van der Waals surface area contributed by atoms with Crippen LogP contribution in [0.25, 0.3) is 0 Å². The Morgan fingerprint density at radius 3 is 2.37 bits per heavy atom. The van der Waals surface area contributed by atoms with Gasteiger partial charge in [0.25, 0.3) is 0 Å². The Labute approximate surface area is 116 Å². The Bertz CT molecular complexity index is 478. The van der Waals surface area contributed by atoms with E-state index in [1.165, 1.54) is 0 Å². The maximum atomic E-state index is 10.7. The Hall–Kier alpha value is -1.57. The normalized spacial score (nSPS) is 12.6. The highest BCUT2D eigenvalue weighted by Crippen LogP contribution is 2.40. The number of nitrogens with zero attached hydrogens (tertiary/aromatic N) is 1. The quantitative estimate of drug-likeness (QED) is 0.377. The second-order valence-corrected chi connectivity index (χ2v) is 4.79. The molecule has 1 rings (SSSR count). The smallest absolute Gasteiger partial charge is 0.314 e. The lowest BCUT2D eigenvalue weighted by Gasteiger charge is -2.29. The third kappa shape index (κ3) is 3.46. The summed E-state index contributed by atoms with van der Waals surface area (Å²) in [4.78, 5) is 9.90. The largest absolute Gasteiger partial charge is 0.504 e. The second-order valence-electron chi connectivity index (χ2n) is 4.79. The predicted molar refractivity (Wildman–Crippen MR) is 71.5 cm³/mol. The Balaban J connectivity index is 0.00000324. The van der Waals surface area contributed by atoms with Gasteiger partial charge in [0.1, 0.15) is 0 Å². The molecule has 0 aliphatic carbocycles. The third-order valence-corrected chi connectivity index (χ3v) is 2.90. The number of hydrogen-bond donors (Lipinski definition) is 4. The molecule has 0 unspecified atom stereocenters. The molecule has 5 N–H and O–H groups in total. The topological polar surface area (TPSA) is 130 Å². The molecule has 8 heteroatoms. The second kappa shape index (κ2) is 6.05. The van der Waals surface area contributed by atoms with Gasteiger partial charge >= 0.3 is 5.69 Å². The average molecular weight is 293 g/mol. The van der Waals surface area contributed by atoms with E-state index in [9.17, 15) is 25.4 Å². The molecule has 0 spiro atoms. The summed E-state index contributed by atoms with van der Waals surface area (Å²) in [6.45, 7) is 3.16. The molecule has 7 nitrogen and oxygen atoms in total. The van der Waals surface area contributed by atoms with Crippen molar-refractivity contribution in [2.24, 2.45) is 11.1 Å². The van der Waals surface area contributed by atoms with Crippen LogP contribution in [0.1, 0.15) is 25.5 Å². The molecular weight excluding hydrogens is 276 g/mol. The fourth-order valence-corrected chi connectivity index (χ4v) is 1.49. The molecule has 0 aliphatic rings. The van der Waals surface area contributed by atoms with Crippen molar-refractivity contribution in [3.8, 4) is 11.5 Å². The molecule has 0 radical (unpaired) electrons. The maximum Gasteiger partial charge on any atom is 0.314 e. The number of aromatic hydroxyl groups is 2. The van der Waals surface area contributed by atoms with Crippen molar-refractivity contribution >= 4 is 18.1 Å². The lowest BCUT2D eigenvalue weighted by Crippen LogP contribution is -2.32. The van der Waals surface area contributed by atoms with Gasteiger partial charge in [0.05, 0.1) is 4.92 Å². The first kappa shape index (κ1) is 17.4. The summed E-state index contributed by atoms with van der Waals surface area (Å²) < 4.78 is 0. The number of aliphatic hydroxyl groups excluding tert-OH is 1. The van der Waals surface area contributed by atoms with Crippen LogP contribution in [0.3, 0.4) is 0 Å². The van der Waals surface area contributed by atoms with E-state index >= 15 is 0 Å². The zero-order chi connectivity index (χ0) is 14.1. The van der Waals surface area contributed by atoms with Crippen LogP contribution in [-0.4, -0.2) is 26.8 Å². The number of hydrogen-bond acceptors (Lipinski definition) is 6. The van der Waals surface area contributed by atoms with Crippen LogP contribution < -0.4 is 5.73 Å². The first-order valence-electron chi connectivity index (χ1n) is 5.27. The number of benzene rings is 1. The number of phenols is 2. The van der Waals surface area contributed by atoms with Crippen molar-refractivity contribution in [3.63, 3.8) is 0 Å². The summed E-state index contributed by atoms with van der Waals surface area (Å²) in [6.07, 6.45) is 0. The van der Waals surface area contributed by atoms with E-state index in [1.807, 2.05) is 0 Å². The van der Waals surface area contributed by atoms with Crippen molar-refractivity contribution in [2.45, 2.75) is 19.9 Å². The average Bonchev–Trinajstić information content (AvgIpc) is 2.31. The molecule has 1 aromatic rings. The molecule has 0 aromatic heterocycles. The Morgan fingerprint density at radius 1 is 1.42 bits per heavy atom. The standard InChI is InChI=1S/C11H16N2O5.ClH/c1-11(2,5-14)10(12)6-3-7(13(17)18)9(16)8(15)4-6;/h3-4,10,14-16H,5,12H2,1-2H3;1H/t10-;/m1./s1. The van der Waals surface area contributed by atoms with Crippen molar-refractivity contribution < 1.29 is 20.2 Å². The SMILES string of the molecule is CC(C)(CO)[C@H](N)c1cc(O)c(O)c([N+](=O)[O-])c1.Cl. The zero-order valence-electron chi connectivity index (χ0n) is 10.5. The lowest BCUT2D eigenvalue weighted by molar-refractivity contribution is -0.386. The fraction of sp³-hybridized carbons (Fsp3) is 0.455. The van der Waals surface area contributed by atoms with Gasteiger partial charge in [-0.2, -0.15) is 0 Å². The number of nitrogens with two attached hydrogens (primary N) is 1. The van der Waals surface area contributed by atoms with Crippen LogP contribution in [0.2, 0.25) is 0 Å². The van der Waals surface area contributed by atoms with Crippen LogP contribution in [0, 0.1) is 15.5 Å². The molecule has 0 heterocycles. The number of nitro groups is 1. The van der Waals surface area contributed by atoms with Crippen LogP contribution >= 0.6 is 12.4 Å². The highest BCUT2D eigenvalue weighted by atomic mass is 35.5. The van der Waals surface area contributed by atoms with Crippen molar-refractivity contribution in [1.29, 1.82) is 0 Å². The summed E-state index contributed by atoms with van der Waals surface area (Å²) in [5.74, 6) is -1.40. The third-order valence-electron chi connectivity index (χ3n) is 2.90. The van der Waals surface area contributed by atoms with Gasteiger partial charge in [-0.3, -0.25) is 10.1 Å². The maximum absolute atomic E-state index is 10.7. The van der Waals surface area contributed by atoms with E-state index in [-0.39, 0.29) is 24.6 Å². The van der Waals surface area contributed by atoms with E-state index in [0.717, 1.165) is 12.1 Å². The van der Waals surface area contributed by atoms with Crippen LogP contribution in [0.4, 0.5) is 5.69 Å². The molecule has 0 saturated carbocycles. The first-order chi connectivity index (χ1) is 8.20. The Morgan fingerprint density at radius 2 is 1.95 bits per heavy atom. The fourth-order valence-electron chi connectivity index (χ4n) is 1.49. The molecule has 1 atom stereocenters.